The maximum Gasteiger partial charge on any atom is 0.270 e. The maximum absolute atomic E-state index is 14.0. The van der Waals surface area contributed by atoms with Crippen LogP contribution in [0.15, 0.2) is 24.4 Å². The summed E-state index contributed by atoms with van der Waals surface area (Å²) in [5, 5.41) is 5.23. The topological polar surface area (TPSA) is 71.1 Å². The molecule has 118 valence electrons. The monoisotopic (exact) mass is 309 g/mol. The molecular formula is C15H17F2N3O2. The molecule has 2 amide bonds. The normalized spacial score (nSPS) is 30.1. The number of amides is 2. The van der Waals surface area contributed by atoms with Gasteiger partial charge < -0.3 is 10.6 Å². The van der Waals surface area contributed by atoms with Crippen molar-refractivity contribution in [2.75, 3.05) is 6.54 Å². The van der Waals surface area contributed by atoms with Gasteiger partial charge in [0.1, 0.15) is 5.69 Å². The van der Waals surface area contributed by atoms with Crippen molar-refractivity contribution < 1.29 is 18.4 Å². The Balaban J connectivity index is 1.76. The lowest BCUT2D eigenvalue weighted by molar-refractivity contribution is -0.142. The summed E-state index contributed by atoms with van der Waals surface area (Å²) in [6.45, 7) is 0.413. The van der Waals surface area contributed by atoms with Crippen LogP contribution in [-0.4, -0.2) is 35.3 Å². The van der Waals surface area contributed by atoms with Gasteiger partial charge >= 0.3 is 0 Å². The predicted molar refractivity (Wildman–Crippen MR) is 74.3 cm³/mol. The standard InChI is InChI=1S/C15H17F2N3O2/c16-15(17)8-10(7-14(9-15)4-6-19-13(14)22)20-12(21)11-3-1-2-5-18-11/h1-3,5,10H,4,6-9H2,(H,19,22)(H,20,21)/t10-,14+/m1/s1. The van der Waals surface area contributed by atoms with E-state index < -0.39 is 36.1 Å². The third kappa shape index (κ3) is 2.80. The molecule has 22 heavy (non-hydrogen) atoms. The first-order chi connectivity index (χ1) is 10.4. The van der Waals surface area contributed by atoms with Crippen molar-refractivity contribution in [2.45, 2.75) is 37.6 Å². The lowest BCUT2D eigenvalue weighted by Gasteiger charge is -2.40. The van der Waals surface area contributed by atoms with E-state index in [4.69, 9.17) is 0 Å². The molecule has 1 aliphatic heterocycles. The van der Waals surface area contributed by atoms with Gasteiger partial charge in [0.05, 0.1) is 5.41 Å². The molecule has 1 saturated carbocycles. The second kappa shape index (κ2) is 5.30. The molecule has 5 nitrogen and oxygen atoms in total. The van der Waals surface area contributed by atoms with E-state index in [-0.39, 0.29) is 18.0 Å². The quantitative estimate of drug-likeness (QED) is 0.870. The molecule has 0 unspecified atom stereocenters. The van der Waals surface area contributed by atoms with E-state index in [1.54, 1.807) is 12.1 Å². The number of hydrogen-bond donors (Lipinski definition) is 2. The molecule has 1 aromatic heterocycles. The van der Waals surface area contributed by atoms with Gasteiger partial charge in [0.15, 0.2) is 0 Å². The van der Waals surface area contributed by atoms with Gasteiger partial charge in [0.2, 0.25) is 5.91 Å². The molecule has 1 aliphatic carbocycles. The van der Waals surface area contributed by atoms with E-state index in [9.17, 15) is 18.4 Å². The van der Waals surface area contributed by atoms with Crippen molar-refractivity contribution in [3.05, 3.63) is 30.1 Å². The Kier molecular flexibility index (Phi) is 3.58. The Morgan fingerprint density at radius 1 is 1.36 bits per heavy atom. The molecular weight excluding hydrogens is 292 g/mol. The molecule has 2 aliphatic rings. The van der Waals surface area contributed by atoms with Gasteiger partial charge in [-0.25, -0.2) is 8.78 Å². The molecule has 1 saturated heterocycles. The SMILES string of the molecule is O=C(N[C@H]1CC(F)(F)C[C@]2(CCNC2=O)C1)c1ccccn1. The summed E-state index contributed by atoms with van der Waals surface area (Å²) in [4.78, 5) is 28.0. The largest absolute Gasteiger partial charge is 0.356 e. The first-order valence-corrected chi connectivity index (χ1v) is 7.28. The molecule has 2 heterocycles. The van der Waals surface area contributed by atoms with Crippen LogP contribution in [0.2, 0.25) is 0 Å². The number of carbonyl (C=O) groups is 2. The van der Waals surface area contributed by atoms with Gasteiger partial charge in [-0.3, -0.25) is 14.6 Å². The Labute approximate surface area is 126 Å². The predicted octanol–water partition coefficient (Wildman–Crippen LogP) is 1.51. The van der Waals surface area contributed by atoms with Crippen LogP contribution < -0.4 is 10.6 Å². The van der Waals surface area contributed by atoms with Crippen LogP contribution in [-0.2, 0) is 4.79 Å². The van der Waals surface area contributed by atoms with Crippen LogP contribution in [0.5, 0.6) is 0 Å². The van der Waals surface area contributed by atoms with E-state index in [1.807, 2.05) is 0 Å². The van der Waals surface area contributed by atoms with Crippen molar-refractivity contribution in [3.63, 3.8) is 0 Å². The lowest BCUT2D eigenvalue weighted by Crippen LogP contribution is -2.51. The van der Waals surface area contributed by atoms with Gasteiger partial charge in [-0.1, -0.05) is 6.07 Å². The number of hydrogen-bond acceptors (Lipinski definition) is 3. The molecule has 3 rings (SSSR count). The minimum Gasteiger partial charge on any atom is -0.356 e. The number of aromatic nitrogens is 1. The van der Waals surface area contributed by atoms with Gasteiger partial charge in [-0.15, -0.1) is 0 Å². The lowest BCUT2D eigenvalue weighted by atomic mass is 9.69. The first-order valence-electron chi connectivity index (χ1n) is 7.28. The highest BCUT2D eigenvalue weighted by Crippen LogP contribution is 2.48. The average molecular weight is 309 g/mol. The highest BCUT2D eigenvalue weighted by Gasteiger charge is 2.55. The maximum atomic E-state index is 14.0. The summed E-state index contributed by atoms with van der Waals surface area (Å²) in [6.07, 6.45) is 1.21. The zero-order valence-electron chi connectivity index (χ0n) is 11.9. The van der Waals surface area contributed by atoms with Gasteiger partial charge in [0.25, 0.3) is 11.8 Å². The fraction of sp³-hybridized carbons (Fsp3) is 0.533. The molecule has 2 atom stereocenters. The number of carbonyl (C=O) groups excluding carboxylic acids is 2. The highest BCUT2D eigenvalue weighted by atomic mass is 19.3. The second-order valence-corrected chi connectivity index (χ2v) is 6.11. The molecule has 0 bridgehead atoms. The smallest absolute Gasteiger partial charge is 0.270 e. The van der Waals surface area contributed by atoms with Gasteiger partial charge in [-0.2, -0.15) is 0 Å². The zero-order valence-corrected chi connectivity index (χ0v) is 11.9. The van der Waals surface area contributed by atoms with Gasteiger partial charge in [-0.05, 0) is 25.0 Å². The number of alkyl halides is 2. The van der Waals surface area contributed by atoms with Crippen molar-refractivity contribution in [1.29, 1.82) is 0 Å². The van der Waals surface area contributed by atoms with E-state index in [0.29, 0.717) is 13.0 Å². The third-order valence-corrected chi connectivity index (χ3v) is 4.38. The molecule has 0 aromatic carbocycles. The molecule has 2 N–H and O–H groups in total. The van der Waals surface area contributed by atoms with Gasteiger partial charge in [0, 0.05) is 31.6 Å². The van der Waals surface area contributed by atoms with E-state index in [2.05, 4.69) is 15.6 Å². The fourth-order valence-corrected chi connectivity index (χ4v) is 3.48. The van der Waals surface area contributed by atoms with Crippen LogP contribution in [0.25, 0.3) is 0 Å². The Hall–Kier alpha value is -2.05. The van der Waals surface area contributed by atoms with Crippen LogP contribution in [0, 0.1) is 5.41 Å². The zero-order chi connectivity index (χ0) is 15.8. The highest BCUT2D eigenvalue weighted by molar-refractivity contribution is 5.92. The van der Waals surface area contributed by atoms with Crippen LogP contribution in [0.1, 0.15) is 36.2 Å². The Morgan fingerprint density at radius 2 is 2.18 bits per heavy atom. The van der Waals surface area contributed by atoms with E-state index >= 15 is 0 Å². The van der Waals surface area contributed by atoms with Crippen molar-refractivity contribution >= 4 is 11.8 Å². The molecule has 7 heteroatoms. The fourth-order valence-electron chi connectivity index (χ4n) is 3.48. The summed E-state index contributed by atoms with van der Waals surface area (Å²) in [6, 6.07) is 4.11. The summed E-state index contributed by atoms with van der Waals surface area (Å²) in [5.74, 6) is -3.78. The summed E-state index contributed by atoms with van der Waals surface area (Å²) in [5.41, 5.74) is -0.884. The van der Waals surface area contributed by atoms with Crippen LogP contribution in [0.3, 0.4) is 0 Å². The third-order valence-electron chi connectivity index (χ3n) is 4.38. The first kappa shape index (κ1) is 14.9. The van der Waals surface area contributed by atoms with Crippen LogP contribution in [0.4, 0.5) is 8.78 Å². The van der Waals surface area contributed by atoms with Crippen molar-refractivity contribution in [2.24, 2.45) is 5.41 Å². The number of rotatable bonds is 2. The average Bonchev–Trinajstić information content (AvgIpc) is 2.78. The number of pyridine rings is 1. The summed E-state index contributed by atoms with van der Waals surface area (Å²) >= 11 is 0. The number of halogens is 2. The van der Waals surface area contributed by atoms with E-state index in [1.165, 1.54) is 12.3 Å². The number of nitrogens with one attached hydrogen (secondary N) is 2. The molecule has 1 aromatic rings. The summed E-state index contributed by atoms with van der Waals surface area (Å²) in [7, 11) is 0. The van der Waals surface area contributed by atoms with Crippen LogP contribution >= 0.6 is 0 Å². The second-order valence-electron chi connectivity index (χ2n) is 6.11. The van der Waals surface area contributed by atoms with E-state index in [0.717, 1.165) is 0 Å². The molecule has 1 spiro atoms. The van der Waals surface area contributed by atoms with Crippen molar-refractivity contribution in [1.82, 2.24) is 15.6 Å². The minimum atomic E-state index is -2.96. The molecule has 0 radical (unpaired) electrons. The number of nitrogens with zero attached hydrogens (tertiary/aromatic N) is 1. The minimum absolute atomic E-state index is 0.182. The summed E-state index contributed by atoms with van der Waals surface area (Å²) < 4.78 is 28.1. The Morgan fingerprint density at radius 3 is 2.82 bits per heavy atom. The van der Waals surface area contributed by atoms with Crippen molar-refractivity contribution in [3.8, 4) is 0 Å². The molecule has 2 fully saturated rings. The Bertz CT molecular complexity index is 594.